The largest absolute Gasteiger partial charge is 0.375 e. The minimum absolute atomic E-state index is 0.0131. The first kappa shape index (κ1) is 34.8. The number of carbonyl (C=O) groups is 2. The average molecular weight is 513 g/mol. The Labute approximate surface area is 222 Å². The molecule has 5 N–H and O–H groups in total. The minimum Gasteiger partial charge on any atom is -0.375 e. The first-order chi connectivity index (χ1) is 15.9. The van der Waals surface area contributed by atoms with Gasteiger partial charge in [0.05, 0.1) is 11.6 Å². The van der Waals surface area contributed by atoms with Gasteiger partial charge in [-0.05, 0) is 90.3 Å². The summed E-state index contributed by atoms with van der Waals surface area (Å²) in [5.74, 6) is -0.343. The number of hydrogen-bond donors (Lipinski definition) is 4. The Hall–Kier alpha value is -1.18. The van der Waals surface area contributed by atoms with Crippen LogP contribution in [0.1, 0.15) is 109 Å². The summed E-state index contributed by atoms with van der Waals surface area (Å²) in [6.45, 7) is 27.1. The SMILES string of the molecule is CNCC(C)(C)CC(C)(C)C(C)(C)OCCC(C)(C)C(=O)NC(C)(C)CC(C)(C)CC(NC)C(N)=O. The smallest absolute Gasteiger partial charge is 0.234 e. The van der Waals surface area contributed by atoms with E-state index in [0.29, 0.717) is 25.9 Å². The molecule has 7 nitrogen and oxygen atoms in total. The third kappa shape index (κ3) is 11.5. The zero-order valence-corrected chi connectivity index (χ0v) is 26.1. The fraction of sp³-hybridized carbons (Fsp3) is 0.931. The van der Waals surface area contributed by atoms with E-state index in [9.17, 15) is 9.59 Å². The van der Waals surface area contributed by atoms with Gasteiger partial charge in [-0.2, -0.15) is 0 Å². The molecule has 0 aromatic rings. The van der Waals surface area contributed by atoms with Gasteiger partial charge in [-0.25, -0.2) is 0 Å². The summed E-state index contributed by atoms with van der Waals surface area (Å²) in [5, 5.41) is 9.55. The van der Waals surface area contributed by atoms with Crippen molar-refractivity contribution in [3.8, 4) is 0 Å². The fourth-order valence-corrected chi connectivity index (χ4v) is 5.51. The van der Waals surface area contributed by atoms with Gasteiger partial charge in [0.1, 0.15) is 0 Å². The van der Waals surface area contributed by atoms with Gasteiger partial charge < -0.3 is 26.4 Å². The van der Waals surface area contributed by atoms with Crippen LogP contribution >= 0.6 is 0 Å². The van der Waals surface area contributed by atoms with E-state index in [0.717, 1.165) is 13.0 Å². The molecule has 2 amide bonds. The summed E-state index contributed by atoms with van der Waals surface area (Å²) < 4.78 is 6.44. The predicted molar refractivity (Wildman–Crippen MR) is 152 cm³/mol. The number of rotatable bonds is 17. The molecule has 214 valence electrons. The van der Waals surface area contributed by atoms with Gasteiger partial charge in [-0.15, -0.1) is 0 Å². The number of nitrogens with two attached hydrogens (primary N) is 1. The van der Waals surface area contributed by atoms with Crippen molar-refractivity contribution in [3.05, 3.63) is 0 Å². The normalized spacial score (nSPS) is 15.1. The van der Waals surface area contributed by atoms with Crippen molar-refractivity contribution in [2.45, 2.75) is 126 Å². The number of ether oxygens (including phenoxy) is 1. The molecule has 0 aromatic heterocycles. The Morgan fingerprint density at radius 2 is 1.36 bits per heavy atom. The van der Waals surface area contributed by atoms with E-state index in [4.69, 9.17) is 10.5 Å². The van der Waals surface area contributed by atoms with E-state index in [-0.39, 0.29) is 33.7 Å². The van der Waals surface area contributed by atoms with Gasteiger partial charge in [0, 0.05) is 17.6 Å². The molecule has 0 heterocycles. The molecule has 0 saturated carbocycles. The third-order valence-corrected chi connectivity index (χ3v) is 7.83. The molecule has 7 heteroatoms. The van der Waals surface area contributed by atoms with Crippen molar-refractivity contribution >= 4 is 11.8 Å². The lowest BCUT2D eigenvalue weighted by Crippen LogP contribution is -2.52. The van der Waals surface area contributed by atoms with Gasteiger partial charge in [-0.3, -0.25) is 9.59 Å². The molecule has 0 aromatic carbocycles. The molecular weight excluding hydrogens is 452 g/mol. The number of carbonyl (C=O) groups excluding carboxylic acids is 2. The number of amides is 2. The van der Waals surface area contributed by atoms with E-state index >= 15 is 0 Å². The molecule has 0 bridgehead atoms. The maximum Gasteiger partial charge on any atom is 0.234 e. The van der Waals surface area contributed by atoms with Crippen molar-refractivity contribution in [1.29, 1.82) is 0 Å². The van der Waals surface area contributed by atoms with Crippen LogP contribution in [-0.4, -0.2) is 56.2 Å². The van der Waals surface area contributed by atoms with Crippen molar-refractivity contribution in [2.75, 3.05) is 27.2 Å². The molecule has 0 aliphatic rings. The second-order valence-corrected chi connectivity index (χ2v) is 14.9. The van der Waals surface area contributed by atoms with E-state index in [1.807, 2.05) is 34.7 Å². The summed E-state index contributed by atoms with van der Waals surface area (Å²) in [5.41, 5.74) is 4.10. The van der Waals surface area contributed by atoms with Crippen molar-refractivity contribution in [2.24, 2.45) is 27.4 Å². The Morgan fingerprint density at radius 3 is 1.81 bits per heavy atom. The van der Waals surface area contributed by atoms with E-state index in [2.05, 4.69) is 71.3 Å². The standard InChI is InChI=1S/C29H60N4O3/c1-24(2,17-21(32-14)22(30)34)19-28(9,10)33-23(35)26(5,6)15-16-36-29(11,12)27(7,8)18-25(3,4)20-31-13/h21,31-32H,15-20H2,1-14H3,(H2,30,34)(H,33,35). The highest BCUT2D eigenvalue weighted by Crippen LogP contribution is 2.43. The van der Waals surface area contributed by atoms with Gasteiger partial charge in [0.2, 0.25) is 11.8 Å². The summed E-state index contributed by atoms with van der Waals surface area (Å²) in [6, 6.07) is -0.392. The van der Waals surface area contributed by atoms with E-state index in [1.165, 1.54) is 0 Å². The molecule has 0 fully saturated rings. The maximum absolute atomic E-state index is 13.3. The van der Waals surface area contributed by atoms with Crippen molar-refractivity contribution < 1.29 is 14.3 Å². The molecule has 1 unspecified atom stereocenters. The highest BCUT2D eigenvalue weighted by atomic mass is 16.5. The lowest BCUT2D eigenvalue weighted by Gasteiger charge is -2.46. The summed E-state index contributed by atoms with van der Waals surface area (Å²) in [7, 11) is 3.74. The van der Waals surface area contributed by atoms with E-state index < -0.39 is 17.0 Å². The maximum atomic E-state index is 13.3. The fourth-order valence-electron chi connectivity index (χ4n) is 5.51. The second kappa shape index (κ2) is 12.6. The molecule has 0 aliphatic heterocycles. The van der Waals surface area contributed by atoms with Gasteiger partial charge >= 0.3 is 0 Å². The van der Waals surface area contributed by atoms with Crippen LogP contribution in [0.25, 0.3) is 0 Å². The lowest BCUT2D eigenvalue weighted by atomic mass is 9.67. The summed E-state index contributed by atoms with van der Waals surface area (Å²) in [6.07, 6.45) is 2.96. The molecule has 0 saturated heterocycles. The molecule has 0 radical (unpaired) electrons. The summed E-state index contributed by atoms with van der Waals surface area (Å²) in [4.78, 5) is 25.0. The van der Waals surface area contributed by atoms with Crippen LogP contribution in [0.15, 0.2) is 0 Å². The first-order valence-corrected chi connectivity index (χ1v) is 13.5. The van der Waals surface area contributed by atoms with Crippen LogP contribution in [-0.2, 0) is 14.3 Å². The Bertz CT molecular complexity index is 724. The highest BCUT2D eigenvalue weighted by Gasteiger charge is 2.42. The Kier molecular flexibility index (Phi) is 12.2. The van der Waals surface area contributed by atoms with Crippen LogP contribution in [0.5, 0.6) is 0 Å². The van der Waals surface area contributed by atoms with E-state index in [1.54, 1.807) is 7.05 Å². The van der Waals surface area contributed by atoms with Crippen LogP contribution < -0.4 is 21.7 Å². The molecule has 36 heavy (non-hydrogen) atoms. The quantitative estimate of drug-likeness (QED) is 0.227. The third-order valence-electron chi connectivity index (χ3n) is 7.83. The summed E-state index contributed by atoms with van der Waals surface area (Å²) >= 11 is 0. The van der Waals surface area contributed by atoms with Gasteiger partial charge in [0.25, 0.3) is 0 Å². The monoisotopic (exact) mass is 512 g/mol. The zero-order chi connectivity index (χ0) is 28.8. The Morgan fingerprint density at radius 1 is 0.833 bits per heavy atom. The lowest BCUT2D eigenvalue weighted by molar-refractivity contribution is -0.138. The van der Waals surface area contributed by atoms with Gasteiger partial charge in [-0.1, -0.05) is 55.4 Å². The highest BCUT2D eigenvalue weighted by molar-refractivity contribution is 5.82. The van der Waals surface area contributed by atoms with Crippen molar-refractivity contribution in [3.63, 3.8) is 0 Å². The van der Waals surface area contributed by atoms with Crippen LogP contribution in [0.2, 0.25) is 0 Å². The number of hydrogen-bond acceptors (Lipinski definition) is 5. The predicted octanol–water partition coefficient (Wildman–Crippen LogP) is 4.63. The molecule has 1 atom stereocenters. The number of primary amides is 1. The zero-order valence-electron chi connectivity index (χ0n) is 26.1. The second-order valence-electron chi connectivity index (χ2n) is 14.9. The molecule has 0 rings (SSSR count). The molecule has 0 aliphatic carbocycles. The van der Waals surface area contributed by atoms with Crippen LogP contribution in [0.4, 0.5) is 0 Å². The van der Waals surface area contributed by atoms with Crippen LogP contribution in [0, 0.1) is 21.7 Å². The number of nitrogens with one attached hydrogen (secondary N) is 3. The van der Waals surface area contributed by atoms with Crippen LogP contribution in [0.3, 0.4) is 0 Å². The van der Waals surface area contributed by atoms with Crippen molar-refractivity contribution in [1.82, 2.24) is 16.0 Å². The molecular formula is C29H60N4O3. The van der Waals surface area contributed by atoms with Gasteiger partial charge in [0.15, 0.2) is 0 Å². The Balaban J connectivity index is 5.12. The average Bonchev–Trinajstić information content (AvgIpc) is 2.62. The number of likely N-dealkylation sites (N-methyl/N-ethyl adjacent to an activating group) is 1. The molecule has 0 spiro atoms. The topological polar surface area (TPSA) is 105 Å². The first-order valence-electron chi connectivity index (χ1n) is 13.5. The minimum atomic E-state index is -0.576.